The van der Waals surface area contributed by atoms with Gasteiger partial charge in [-0.05, 0) is 30.3 Å². The molecule has 2 aromatic carbocycles. The average Bonchev–Trinajstić information content (AvgIpc) is 2.47. The number of halogens is 2. The van der Waals surface area contributed by atoms with Gasteiger partial charge in [0.15, 0.2) is 12.4 Å². The third kappa shape index (κ3) is 4.06. The highest BCUT2D eigenvalue weighted by Crippen LogP contribution is 2.22. The highest BCUT2D eigenvalue weighted by atomic mass is 79.9. The molecular formula is C15H10BrClO4. The predicted molar refractivity (Wildman–Crippen MR) is 81.9 cm³/mol. The van der Waals surface area contributed by atoms with Gasteiger partial charge in [-0.15, -0.1) is 0 Å². The molecule has 0 aliphatic rings. The van der Waals surface area contributed by atoms with Crippen LogP contribution < -0.4 is 0 Å². The molecule has 0 unspecified atom stereocenters. The lowest BCUT2D eigenvalue weighted by molar-refractivity contribution is 0.0472. The number of hydrogen-bond donors (Lipinski definition) is 1. The molecule has 0 atom stereocenters. The van der Waals surface area contributed by atoms with Crippen LogP contribution in [-0.2, 0) is 4.74 Å². The number of phenols is 1. The second kappa shape index (κ2) is 6.74. The molecule has 0 aromatic heterocycles. The maximum atomic E-state index is 11.9. The summed E-state index contributed by atoms with van der Waals surface area (Å²) in [5.74, 6) is -1.40. The molecule has 0 spiro atoms. The van der Waals surface area contributed by atoms with Gasteiger partial charge in [-0.3, -0.25) is 4.79 Å². The molecule has 0 amide bonds. The van der Waals surface area contributed by atoms with E-state index in [2.05, 4.69) is 15.9 Å². The highest BCUT2D eigenvalue weighted by molar-refractivity contribution is 9.10. The molecule has 1 N–H and O–H groups in total. The first-order valence-electron chi connectivity index (χ1n) is 5.92. The summed E-state index contributed by atoms with van der Waals surface area (Å²) < 4.78 is 5.65. The van der Waals surface area contributed by atoms with E-state index in [1.54, 1.807) is 24.3 Å². The summed E-state index contributed by atoms with van der Waals surface area (Å²) in [6, 6.07) is 10.8. The molecule has 0 heterocycles. The van der Waals surface area contributed by atoms with Crippen molar-refractivity contribution in [3.8, 4) is 5.75 Å². The molecule has 4 nitrogen and oxygen atoms in total. The van der Waals surface area contributed by atoms with E-state index in [4.69, 9.17) is 16.3 Å². The van der Waals surface area contributed by atoms with Gasteiger partial charge in [-0.25, -0.2) is 4.79 Å². The molecule has 0 saturated heterocycles. The van der Waals surface area contributed by atoms with Crippen LogP contribution in [0.1, 0.15) is 20.7 Å². The fourth-order valence-corrected chi connectivity index (χ4v) is 2.20. The number of phenolic OH excluding ortho intramolecular Hbond substituents is 1. The molecule has 6 heteroatoms. The molecule has 0 aliphatic heterocycles. The van der Waals surface area contributed by atoms with Crippen LogP contribution in [-0.4, -0.2) is 23.5 Å². The maximum absolute atomic E-state index is 11.9. The van der Waals surface area contributed by atoms with Crippen LogP contribution in [0.4, 0.5) is 0 Å². The summed E-state index contributed by atoms with van der Waals surface area (Å²) in [7, 11) is 0. The molecule has 0 fully saturated rings. The molecule has 2 aromatic rings. The minimum absolute atomic E-state index is 0.0791. The first kappa shape index (κ1) is 15.5. The highest BCUT2D eigenvalue weighted by Gasteiger charge is 2.15. The largest absolute Gasteiger partial charge is 0.507 e. The summed E-state index contributed by atoms with van der Waals surface area (Å²) >= 11 is 9.00. The molecule has 21 heavy (non-hydrogen) atoms. The van der Waals surface area contributed by atoms with E-state index >= 15 is 0 Å². The van der Waals surface area contributed by atoms with E-state index in [0.717, 1.165) is 4.47 Å². The maximum Gasteiger partial charge on any atom is 0.342 e. The van der Waals surface area contributed by atoms with Gasteiger partial charge in [0, 0.05) is 15.1 Å². The van der Waals surface area contributed by atoms with Crippen molar-refractivity contribution in [2.45, 2.75) is 0 Å². The van der Waals surface area contributed by atoms with Gasteiger partial charge in [-0.1, -0.05) is 39.7 Å². The van der Waals surface area contributed by atoms with E-state index < -0.39 is 12.6 Å². The Morgan fingerprint density at radius 1 is 1.19 bits per heavy atom. The topological polar surface area (TPSA) is 63.6 Å². The molecule has 2 rings (SSSR count). The fourth-order valence-electron chi connectivity index (χ4n) is 1.63. The van der Waals surface area contributed by atoms with Crippen LogP contribution in [0.2, 0.25) is 5.02 Å². The number of carbonyl (C=O) groups is 2. The van der Waals surface area contributed by atoms with Gasteiger partial charge in [-0.2, -0.15) is 0 Å². The summed E-state index contributed by atoms with van der Waals surface area (Å²) in [5, 5.41) is 9.86. The Morgan fingerprint density at radius 3 is 2.67 bits per heavy atom. The first-order valence-corrected chi connectivity index (χ1v) is 7.09. The number of rotatable bonds is 4. The van der Waals surface area contributed by atoms with Gasteiger partial charge in [0.1, 0.15) is 11.3 Å². The van der Waals surface area contributed by atoms with E-state index in [9.17, 15) is 14.7 Å². The van der Waals surface area contributed by atoms with Crippen molar-refractivity contribution in [1.29, 1.82) is 0 Å². The molecule has 0 radical (unpaired) electrons. The summed E-state index contributed by atoms with van der Waals surface area (Å²) in [6.07, 6.45) is 0. The number of ether oxygens (including phenoxy) is 1. The van der Waals surface area contributed by atoms with Crippen molar-refractivity contribution in [3.63, 3.8) is 0 Å². The number of carbonyl (C=O) groups excluding carboxylic acids is 2. The Labute approximate surface area is 134 Å². The van der Waals surface area contributed by atoms with Gasteiger partial charge in [0.2, 0.25) is 0 Å². The number of esters is 1. The number of hydrogen-bond acceptors (Lipinski definition) is 4. The lowest BCUT2D eigenvalue weighted by atomic mass is 10.1. The van der Waals surface area contributed by atoms with Crippen LogP contribution in [0.5, 0.6) is 5.75 Å². The van der Waals surface area contributed by atoms with E-state index in [1.807, 2.05) is 0 Å². The fraction of sp³-hybridized carbons (Fsp3) is 0.0667. The van der Waals surface area contributed by atoms with Crippen molar-refractivity contribution in [1.82, 2.24) is 0 Å². The average molecular weight is 370 g/mol. The smallest absolute Gasteiger partial charge is 0.342 e. The lowest BCUT2D eigenvalue weighted by Gasteiger charge is -2.06. The number of benzene rings is 2. The number of ketones is 1. The molecule has 0 saturated carbocycles. The van der Waals surface area contributed by atoms with E-state index in [-0.39, 0.29) is 22.1 Å². The number of aromatic hydroxyl groups is 1. The van der Waals surface area contributed by atoms with Crippen LogP contribution in [0.25, 0.3) is 0 Å². The Bertz CT molecular complexity index is 700. The monoisotopic (exact) mass is 368 g/mol. The van der Waals surface area contributed by atoms with Gasteiger partial charge in [0.25, 0.3) is 0 Å². The molecule has 108 valence electrons. The van der Waals surface area contributed by atoms with Crippen molar-refractivity contribution in [3.05, 3.63) is 63.1 Å². The third-order valence-electron chi connectivity index (χ3n) is 2.66. The van der Waals surface area contributed by atoms with Crippen molar-refractivity contribution < 1.29 is 19.4 Å². The van der Waals surface area contributed by atoms with Crippen LogP contribution in [0.3, 0.4) is 0 Å². The molecular weight excluding hydrogens is 360 g/mol. The second-order valence-electron chi connectivity index (χ2n) is 4.17. The normalized spacial score (nSPS) is 10.2. The Morgan fingerprint density at radius 2 is 1.95 bits per heavy atom. The molecule has 0 aliphatic carbocycles. The SMILES string of the molecule is O=C(COC(=O)c1cc(Cl)ccc1O)c1cccc(Br)c1. The zero-order valence-electron chi connectivity index (χ0n) is 10.7. The zero-order chi connectivity index (χ0) is 15.4. The first-order chi connectivity index (χ1) is 9.97. The van der Waals surface area contributed by atoms with Crippen molar-refractivity contribution in [2.24, 2.45) is 0 Å². The summed E-state index contributed by atoms with van der Waals surface area (Å²) in [4.78, 5) is 23.7. The van der Waals surface area contributed by atoms with Gasteiger partial charge >= 0.3 is 5.97 Å². The van der Waals surface area contributed by atoms with Gasteiger partial charge in [0.05, 0.1) is 0 Å². The van der Waals surface area contributed by atoms with Crippen molar-refractivity contribution in [2.75, 3.05) is 6.61 Å². The molecule has 0 bridgehead atoms. The second-order valence-corrected chi connectivity index (χ2v) is 5.52. The minimum Gasteiger partial charge on any atom is -0.507 e. The Balaban J connectivity index is 2.04. The Kier molecular flexibility index (Phi) is 4.98. The summed E-state index contributed by atoms with van der Waals surface area (Å²) in [5.41, 5.74) is 0.344. The lowest BCUT2D eigenvalue weighted by Crippen LogP contribution is -2.14. The quantitative estimate of drug-likeness (QED) is 0.657. The van der Waals surface area contributed by atoms with E-state index in [0.29, 0.717) is 5.56 Å². The van der Waals surface area contributed by atoms with E-state index in [1.165, 1.54) is 18.2 Å². The van der Waals surface area contributed by atoms with Crippen molar-refractivity contribution >= 4 is 39.3 Å². The summed E-state index contributed by atoms with van der Waals surface area (Å²) in [6.45, 7) is -0.415. The van der Waals surface area contributed by atoms with Crippen LogP contribution in [0, 0.1) is 0 Å². The van der Waals surface area contributed by atoms with Crippen LogP contribution in [0.15, 0.2) is 46.9 Å². The minimum atomic E-state index is -0.807. The third-order valence-corrected chi connectivity index (χ3v) is 3.39. The van der Waals surface area contributed by atoms with Gasteiger partial charge < -0.3 is 9.84 Å². The van der Waals surface area contributed by atoms with Crippen LogP contribution >= 0.6 is 27.5 Å². The predicted octanol–water partition coefficient (Wildman–Crippen LogP) is 3.85. The zero-order valence-corrected chi connectivity index (χ0v) is 13.0. The number of Topliss-reactive ketones (excluding diaryl/α,β-unsaturated/α-hetero) is 1. The standard InChI is InChI=1S/C15H10BrClO4/c16-10-3-1-2-9(6-10)14(19)8-21-15(20)12-7-11(17)4-5-13(12)18/h1-7,18H,8H2. The Hall–Kier alpha value is -1.85.